The molecule has 1 amide bonds. The van der Waals surface area contributed by atoms with E-state index in [4.69, 9.17) is 30.2 Å². The van der Waals surface area contributed by atoms with E-state index in [-0.39, 0.29) is 27.4 Å². The zero-order valence-electron chi connectivity index (χ0n) is 22.3. The molecule has 2 heterocycles. The zero-order valence-corrected chi connectivity index (χ0v) is 23.9. The fourth-order valence-corrected chi connectivity index (χ4v) is 6.26. The Morgan fingerprint density at radius 2 is 1.68 bits per heavy atom. The van der Waals surface area contributed by atoms with Gasteiger partial charge in [0.2, 0.25) is 21.2 Å². The summed E-state index contributed by atoms with van der Waals surface area (Å²) in [7, 11) is -0.585. The molecule has 0 spiro atoms. The minimum atomic E-state index is -3.57. The molecule has 214 valence electrons. The second-order valence-corrected chi connectivity index (χ2v) is 11.6. The molecule has 10 nitrogen and oxygen atoms in total. The Balaban J connectivity index is 1.39. The number of halogens is 1. The Kier molecular flexibility index (Phi) is 8.20. The number of anilines is 1. The van der Waals surface area contributed by atoms with Crippen LogP contribution in [0.3, 0.4) is 0 Å². The summed E-state index contributed by atoms with van der Waals surface area (Å²) >= 11 is 6.11. The number of carbonyl (C=O) groups is 1. The fourth-order valence-electron chi connectivity index (χ4n) is 4.57. The van der Waals surface area contributed by atoms with Gasteiger partial charge in [-0.2, -0.15) is 4.31 Å². The van der Waals surface area contributed by atoms with Gasteiger partial charge in [-0.25, -0.2) is 8.42 Å². The smallest absolute Gasteiger partial charge is 0.262 e. The van der Waals surface area contributed by atoms with Crippen molar-refractivity contribution in [3.05, 3.63) is 75.9 Å². The summed E-state index contributed by atoms with van der Waals surface area (Å²) < 4.78 is 49.4. The van der Waals surface area contributed by atoms with Crippen molar-refractivity contribution >= 4 is 44.2 Å². The van der Waals surface area contributed by atoms with Crippen LogP contribution in [0.5, 0.6) is 17.2 Å². The van der Waals surface area contributed by atoms with Crippen LogP contribution >= 0.6 is 11.6 Å². The average Bonchev–Trinajstić information content (AvgIpc) is 3.53. The maximum Gasteiger partial charge on any atom is 0.262 e. The highest BCUT2D eigenvalue weighted by Crippen LogP contribution is 2.37. The Labute approximate surface area is 241 Å². The third-order valence-corrected chi connectivity index (χ3v) is 8.79. The van der Waals surface area contributed by atoms with Crippen molar-refractivity contribution in [2.45, 2.75) is 17.7 Å². The molecule has 0 bridgehead atoms. The molecule has 0 aliphatic carbocycles. The molecule has 1 aliphatic rings. The number of hydrogen-bond donors (Lipinski definition) is 1. The molecule has 0 radical (unpaired) electrons. The first-order chi connectivity index (χ1) is 19.7. The predicted octanol–water partition coefficient (Wildman–Crippen LogP) is 4.93. The van der Waals surface area contributed by atoms with E-state index in [0.29, 0.717) is 40.9 Å². The molecule has 3 aromatic carbocycles. The van der Waals surface area contributed by atoms with Crippen LogP contribution in [0.2, 0.25) is 5.02 Å². The van der Waals surface area contributed by atoms with Gasteiger partial charge in [0.15, 0.2) is 23.9 Å². The van der Waals surface area contributed by atoms with Gasteiger partial charge < -0.3 is 23.9 Å². The van der Waals surface area contributed by atoms with E-state index in [9.17, 15) is 18.0 Å². The van der Waals surface area contributed by atoms with E-state index in [1.165, 1.54) is 48.9 Å². The molecule has 4 aromatic rings. The summed E-state index contributed by atoms with van der Waals surface area (Å²) in [5, 5.41) is 3.18. The standard InChI is InChI=1S/C29H27ClN2O8S/c1-37-24-11-5-18(15-25(24)38-2)28-29(27(34)22-16-19(30)6-12-23(22)40-28)39-17-26(33)31-20-7-9-21(10-8-20)41(35,36)32-13-3-4-14-32/h5-12,15-16H,3-4,13-14,17H2,1-2H3,(H,31,33). The quantitative estimate of drug-likeness (QED) is 0.287. The van der Waals surface area contributed by atoms with Crippen LogP contribution in [-0.2, 0) is 14.8 Å². The second kappa shape index (κ2) is 11.8. The number of nitrogens with zero attached hydrogens (tertiary/aromatic N) is 1. The summed E-state index contributed by atoms with van der Waals surface area (Å²) in [5.74, 6) is 0.225. The number of benzene rings is 3. The fraction of sp³-hybridized carbons (Fsp3) is 0.241. The van der Waals surface area contributed by atoms with Crippen molar-refractivity contribution in [1.82, 2.24) is 4.31 Å². The van der Waals surface area contributed by atoms with E-state index in [1.807, 2.05) is 0 Å². The van der Waals surface area contributed by atoms with Crippen LogP contribution in [0.25, 0.3) is 22.3 Å². The lowest BCUT2D eigenvalue weighted by atomic mass is 10.1. The van der Waals surface area contributed by atoms with Gasteiger partial charge in [0.1, 0.15) is 5.58 Å². The SMILES string of the molecule is COc1ccc(-c2oc3ccc(Cl)cc3c(=O)c2OCC(=O)Nc2ccc(S(=O)(=O)N3CCCC3)cc2)cc1OC. The molecule has 12 heteroatoms. The Hall–Kier alpha value is -4.06. The van der Waals surface area contributed by atoms with Crippen LogP contribution in [0.1, 0.15) is 12.8 Å². The van der Waals surface area contributed by atoms with Gasteiger partial charge in [0.05, 0.1) is 24.5 Å². The highest BCUT2D eigenvalue weighted by molar-refractivity contribution is 7.89. The number of nitrogens with one attached hydrogen (secondary N) is 1. The predicted molar refractivity (Wildman–Crippen MR) is 155 cm³/mol. The number of sulfonamides is 1. The van der Waals surface area contributed by atoms with Crippen molar-refractivity contribution in [3.8, 4) is 28.6 Å². The Bertz CT molecular complexity index is 1760. The first-order valence-electron chi connectivity index (χ1n) is 12.7. The average molecular weight is 599 g/mol. The molecule has 5 rings (SSSR count). The monoisotopic (exact) mass is 598 g/mol. The van der Waals surface area contributed by atoms with Gasteiger partial charge >= 0.3 is 0 Å². The summed E-state index contributed by atoms with van der Waals surface area (Å²) in [5.41, 5.74) is 0.603. The first-order valence-corrected chi connectivity index (χ1v) is 14.5. The molecular weight excluding hydrogens is 572 g/mol. The maximum absolute atomic E-state index is 13.5. The molecule has 0 saturated carbocycles. The van der Waals surface area contributed by atoms with Crippen molar-refractivity contribution in [3.63, 3.8) is 0 Å². The van der Waals surface area contributed by atoms with Crippen LogP contribution in [0.15, 0.2) is 74.8 Å². The number of rotatable bonds is 9. The lowest BCUT2D eigenvalue weighted by Crippen LogP contribution is -2.27. The molecule has 1 aromatic heterocycles. The summed E-state index contributed by atoms with van der Waals surface area (Å²) in [6, 6.07) is 15.5. The van der Waals surface area contributed by atoms with E-state index in [0.717, 1.165) is 12.8 Å². The molecule has 0 atom stereocenters. The van der Waals surface area contributed by atoms with Crippen LogP contribution in [0.4, 0.5) is 5.69 Å². The molecule has 1 aliphatic heterocycles. The lowest BCUT2D eigenvalue weighted by Gasteiger charge is -2.16. The van der Waals surface area contributed by atoms with Gasteiger partial charge in [-0.3, -0.25) is 9.59 Å². The minimum absolute atomic E-state index is 0.0926. The Morgan fingerprint density at radius 1 is 0.976 bits per heavy atom. The third-order valence-electron chi connectivity index (χ3n) is 6.64. The number of carbonyl (C=O) groups excluding carboxylic acids is 1. The summed E-state index contributed by atoms with van der Waals surface area (Å²) in [6.45, 7) is 0.474. The van der Waals surface area contributed by atoms with Gasteiger partial charge in [-0.1, -0.05) is 11.6 Å². The van der Waals surface area contributed by atoms with Crippen molar-refractivity contribution in [2.75, 3.05) is 39.2 Å². The highest BCUT2D eigenvalue weighted by Gasteiger charge is 2.27. The van der Waals surface area contributed by atoms with Gasteiger partial charge in [-0.05, 0) is 73.5 Å². The van der Waals surface area contributed by atoms with Crippen molar-refractivity contribution in [1.29, 1.82) is 0 Å². The zero-order chi connectivity index (χ0) is 29.1. The highest BCUT2D eigenvalue weighted by atomic mass is 35.5. The second-order valence-electron chi connectivity index (χ2n) is 9.27. The van der Waals surface area contributed by atoms with E-state index < -0.39 is 28.0 Å². The maximum atomic E-state index is 13.5. The largest absolute Gasteiger partial charge is 0.493 e. The molecule has 1 fully saturated rings. The number of methoxy groups -OCH3 is 2. The van der Waals surface area contributed by atoms with Gasteiger partial charge in [-0.15, -0.1) is 0 Å². The number of hydrogen-bond acceptors (Lipinski definition) is 8. The topological polar surface area (TPSA) is 124 Å². The first kappa shape index (κ1) is 28.5. The lowest BCUT2D eigenvalue weighted by molar-refractivity contribution is -0.118. The number of ether oxygens (including phenoxy) is 3. The molecule has 41 heavy (non-hydrogen) atoms. The van der Waals surface area contributed by atoms with Crippen LogP contribution in [-0.4, -0.2) is 52.5 Å². The van der Waals surface area contributed by atoms with Gasteiger partial charge in [0.25, 0.3) is 5.91 Å². The Morgan fingerprint density at radius 3 is 2.37 bits per heavy atom. The normalized spacial score (nSPS) is 13.7. The minimum Gasteiger partial charge on any atom is -0.493 e. The molecule has 0 unspecified atom stereocenters. The van der Waals surface area contributed by atoms with Crippen LogP contribution < -0.4 is 25.0 Å². The molecule has 1 N–H and O–H groups in total. The van der Waals surface area contributed by atoms with Crippen molar-refractivity contribution in [2.24, 2.45) is 0 Å². The van der Waals surface area contributed by atoms with Crippen LogP contribution in [0, 0.1) is 0 Å². The third kappa shape index (κ3) is 5.88. The molecular formula is C29H27ClN2O8S. The van der Waals surface area contributed by atoms with Crippen molar-refractivity contribution < 1.29 is 31.8 Å². The van der Waals surface area contributed by atoms with E-state index in [1.54, 1.807) is 30.3 Å². The van der Waals surface area contributed by atoms with E-state index in [2.05, 4.69) is 5.32 Å². The summed E-state index contributed by atoms with van der Waals surface area (Å²) in [4.78, 5) is 26.4. The van der Waals surface area contributed by atoms with Gasteiger partial charge in [0, 0.05) is 29.4 Å². The molecule has 1 saturated heterocycles. The van der Waals surface area contributed by atoms with E-state index >= 15 is 0 Å². The summed E-state index contributed by atoms with van der Waals surface area (Å²) in [6.07, 6.45) is 1.67. The number of amides is 1. The number of fused-ring (bicyclic) bond motifs is 1.